The SMILES string of the molecule is CCCC1CCC(N)C(S(=O)(=O)C2CCCC2)C1. The summed E-state index contributed by atoms with van der Waals surface area (Å²) in [4.78, 5) is 0. The van der Waals surface area contributed by atoms with E-state index in [1.807, 2.05) is 0 Å². The fourth-order valence-corrected chi connectivity index (χ4v) is 6.40. The molecule has 0 spiro atoms. The van der Waals surface area contributed by atoms with E-state index in [1.54, 1.807) is 0 Å². The number of sulfone groups is 1. The van der Waals surface area contributed by atoms with Crippen molar-refractivity contribution in [3.8, 4) is 0 Å². The van der Waals surface area contributed by atoms with Gasteiger partial charge in [-0.3, -0.25) is 0 Å². The maximum Gasteiger partial charge on any atom is 0.157 e. The molecule has 0 aliphatic heterocycles. The lowest BCUT2D eigenvalue weighted by molar-refractivity contribution is 0.308. The quantitative estimate of drug-likeness (QED) is 0.856. The van der Waals surface area contributed by atoms with Crippen LogP contribution in [0.5, 0.6) is 0 Å². The van der Waals surface area contributed by atoms with Crippen molar-refractivity contribution in [2.75, 3.05) is 0 Å². The second kappa shape index (κ2) is 5.91. The summed E-state index contributed by atoms with van der Waals surface area (Å²) < 4.78 is 25.3. The molecule has 0 aromatic rings. The second-order valence-corrected chi connectivity index (χ2v) is 8.62. The van der Waals surface area contributed by atoms with Crippen LogP contribution in [0.4, 0.5) is 0 Å². The lowest BCUT2D eigenvalue weighted by atomic mass is 9.83. The molecule has 2 saturated carbocycles. The van der Waals surface area contributed by atoms with Crippen molar-refractivity contribution in [3.63, 3.8) is 0 Å². The Balaban J connectivity index is 2.08. The molecule has 2 fully saturated rings. The van der Waals surface area contributed by atoms with Crippen molar-refractivity contribution in [2.45, 2.75) is 81.3 Å². The van der Waals surface area contributed by atoms with E-state index >= 15 is 0 Å². The van der Waals surface area contributed by atoms with Crippen molar-refractivity contribution >= 4 is 9.84 Å². The van der Waals surface area contributed by atoms with Gasteiger partial charge < -0.3 is 5.73 Å². The van der Waals surface area contributed by atoms with Gasteiger partial charge in [-0.25, -0.2) is 8.42 Å². The molecule has 0 heterocycles. The Bertz CT molecular complexity index is 360. The van der Waals surface area contributed by atoms with Gasteiger partial charge >= 0.3 is 0 Å². The summed E-state index contributed by atoms with van der Waals surface area (Å²) in [5, 5.41) is -0.347. The third-order valence-electron chi connectivity index (χ3n) is 4.84. The van der Waals surface area contributed by atoms with Crippen molar-refractivity contribution in [3.05, 3.63) is 0 Å². The van der Waals surface area contributed by atoms with E-state index in [2.05, 4.69) is 6.92 Å². The van der Waals surface area contributed by atoms with Gasteiger partial charge in [0.2, 0.25) is 0 Å². The molecule has 3 unspecified atom stereocenters. The van der Waals surface area contributed by atoms with E-state index in [1.165, 1.54) is 0 Å². The first-order valence-corrected chi connectivity index (χ1v) is 9.15. The van der Waals surface area contributed by atoms with Gasteiger partial charge in [0.1, 0.15) is 0 Å². The van der Waals surface area contributed by atoms with Crippen LogP contribution >= 0.6 is 0 Å². The van der Waals surface area contributed by atoms with Crippen molar-refractivity contribution in [2.24, 2.45) is 11.7 Å². The molecule has 0 bridgehead atoms. The van der Waals surface area contributed by atoms with Gasteiger partial charge in [-0.05, 0) is 38.0 Å². The van der Waals surface area contributed by atoms with Gasteiger partial charge in [-0.2, -0.15) is 0 Å². The highest BCUT2D eigenvalue weighted by Gasteiger charge is 2.41. The van der Waals surface area contributed by atoms with Crippen molar-refractivity contribution < 1.29 is 8.42 Å². The first-order valence-electron chi connectivity index (χ1n) is 7.54. The third-order valence-corrected chi connectivity index (χ3v) is 7.62. The Morgan fingerprint density at radius 2 is 1.78 bits per heavy atom. The summed E-state index contributed by atoms with van der Waals surface area (Å²) in [6.07, 6.45) is 9.00. The minimum absolute atomic E-state index is 0.0890. The fraction of sp³-hybridized carbons (Fsp3) is 1.00. The first kappa shape index (κ1) is 14.3. The summed E-state index contributed by atoms with van der Waals surface area (Å²) in [6.45, 7) is 2.18. The number of nitrogens with two attached hydrogens (primary N) is 1. The van der Waals surface area contributed by atoms with Crippen LogP contribution in [0, 0.1) is 5.92 Å². The van der Waals surface area contributed by atoms with E-state index in [9.17, 15) is 8.42 Å². The molecule has 2 rings (SSSR count). The standard InChI is InChI=1S/C14H27NO2S/c1-2-5-11-8-9-13(15)14(10-11)18(16,17)12-6-3-4-7-12/h11-14H,2-10,15H2,1H3. The van der Waals surface area contributed by atoms with E-state index in [-0.39, 0.29) is 16.5 Å². The Morgan fingerprint density at radius 3 is 2.39 bits per heavy atom. The lowest BCUT2D eigenvalue weighted by Crippen LogP contribution is -2.47. The predicted octanol–water partition coefficient (Wildman–Crippen LogP) is 2.64. The largest absolute Gasteiger partial charge is 0.327 e. The molecular formula is C14H27NO2S. The summed E-state index contributed by atoms with van der Waals surface area (Å²) >= 11 is 0. The normalized spacial score (nSPS) is 34.9. The zero-order valence-corrected chi connectivity index (χ0v) is 12.3. The molecule has 0 amide bonds. The Labute approximate surface area is 111 Å². The van der Waals surface area contributed by atoms with Crippen LogP contribution in [0.25, 0.3) is 0 Å². The van der Waals surface area contributed by atoms with Gasteiger partial charge in [-0.15, -0.1) is 0 Å². The number of hydrogen-bond acceptors (Lipinski definition) is 3. The average molecular weight is 273 g/mol. The maximum absolute atomic E-state index is 12.7. The molecule has 18 heavy (non-hydrogen) atoms. The molecule has 3 atom stereocenters. The fourth-order valence-electron chi connectivity index (χ4n) is 3.75. The average Bonchev–Trinajstić information content (AvgIpc) is 2.86. The minimum atomic E-state index is -2.99. The summed E-state index contributed by atoms with van der Waals surface area (Å²) in [7, 11) is -2.99. The number of rotatable bonds is 4. The van der Waals surface area contributed by atoms with Gasteiger partial charge in [0, 0.05) is 6.04 Å². The molecule has 0 aromatic carbocycles. The molecule has 2 aliphatic rings. The van der Waals surface area contributed by atoms with Crippen LogP contribution in [0.15, 0.2) is 0 Å². The number of hydrogen-bond donors (Lipinski definition) is 1. The zero-order chi connectivity index (χ0) is 13.2. The van der Waals surface area contributed by atoms with Crippen LogP contribution in [0.2, 0.25) is 0 Å². The molecule has 2 aliphatic carbocycles. The van der Waals surface area contributed by atoms with Crippen LogP contribution in [0.1, 0.15) is 64.7 Å². The Morgan fingerprint density at radius 1 is 1.11 bits per heavy atom. The summed E-state index contributed by atoms with van der Waals surface area (Å²) in [6, 6.07) is -0.122. The monoisotopic (exact) mass is 273 g/mol. The lowest BCUT2D eigenvalue weighted by Gasteiger charge is -2.35. The van der Waals surface area contributed by atoms with Crippen molar-refractivity contribution in [1.82, 2.24) is 0 Å². The zero-order valence-electron chi connectivity index (χ0n) is 11.5. The van der Waals surface area contributed by atoms with E-state index in [4.69, 9.17) is 5.73 Å². The van der Waals surface area contributed by atoms with Gasteiger partial charge in [-0.1, -0.05) is 32.6 Å². The van der Waals surface area contributed by atoms with Crippen molar-refractivity contribution in [1.29, 1.82) is 0 Å². The molecule has 106 valence electrons. The smallest absolute Gasteiger partial charge is 0.157 e. The molecule has 2 N–H and O–H groups in total. The van der Waals surface area contributed by atoms with Gasteiger partial charge in [0.05, 0.1) is 10.5 Å². The molecule has 0 saturated heterocycles. The molecule has 3 nitrogen and oxygen atoms in total. The maximum atomic E-state index is 12.7. The molecular weight excluding hydrogens is 246 g/mol. The third kappa shape index (κ3) is 2.90. The Kier molecular flexibility index (Phi) is 4.70. The second-order valence-electron chi connectivity index (χ2n) is 6.17. The summed E-state index contributed by atoms with van der Waals surface area (Å²) in [5.74, 6) is 0.580. The van der Waals surface area contributed by atoms with Crippen LogP contribution < -0.4 is 5.73 Å². The van der Waals surface area contributed by atoms with Crippen LogP contribution in [-0.4, -0.2) is 25.0 Å². The highest BCUT2D eigenvalue weighted by atomic mass is 32.2. The van der Waals surface area contributed by atoms with Crippen LogP contribution in [-0.2, 0) is 9.84 Å². The van der Waals surface area contributed by atoms with Gasteiger partial charge in [0.25, 0.3) is 0 Å². The molecule has 0 aromatic heterocycles. The topological polar surface area (TPSA) is 60.2 Å². The van der Waals surface area contributed by atoms with Gasteiger partial charge in [0.15, 0.2) is 9.84 Å². The first-order chi connectivity index (χ1) is 8.55. The highest BCUT2D eigenvalue weighted by molar-refractivity contribution is 7.92. The highest BCUT2D eigenvalue weighted by Crippen LogP contribution is 2.36. The van der Waals surface area contributed by atoms with E-state index in [0.717, 1.165) is 57.8 Å². The van der Waals surface area contributed by atoms with Crippen LogP contribution in [0.3, 0.4) is 0 Å². The minimum Gasteiger partial charge on any atom is -0.327 e. The van der Waals surface area contributed by atoms with E-state index < -0.39 is 9.84 Å². The Hall–Kier alpha value is -0.0900. The molecule has 0 radical (unpaired) electrons. The molecule has 4 heteroatoms. The van der Waals surface area contributed by atoms with E-state index in [0.29, 0.717) is 5.92 Å². The predicted molar refractivity (Wildman–Crippen MR) is 75.2 cm³/mol. The summed E-state index contributed by atoms with van der Waals surface area (Å²) in [5.41, 5.74) is 6.11.